The van der Waals surface area contributed by atoms with E-state index in [1.165, 1.54) is 13.0 Å². The van der Waals surface area contributed by atoms with Crippen molar-refractivity contribution >= 4 is 37.0 Å². The number of sulfonamides is 1. The topological polar surface area (TPSA) is 119 Å². The first-order valence-corrected chi connectivity index (χ1v) is 14.9. The molecule has 0 amide bonds. The Bertz CT molecular complexity index is 1030. The Hall–Kier alpha value is -0.850. The minimum Gasteiger partial charge on any atom is -0.368 e. The Morgan fingerprint density at radius 3 is 2.47 bits per heavy atom. The number of hydrogen-bond donors (Lipinski definition) is 2. The van der Waals surface area contributed by atoms with E-state index in [1.54, 1.807) is 20.8 Å². The number of fused-ring (bicyclic) bond motifs is 1. The molecule has 0 radical (unpaired) electrons. The average molecular weight is 509 g/mol. The zero-order valence-corrected chi connectivity index (χ0v) is 22.3. The van der Waals surface area contributed by atoms with Crippen LogP contribution in [-0.4, -0.2) is 52.2 Å². The number of ketones is 1. The second-order valence-corrected chi connectivity index (χ2v) is 14.2. The number of ether oxygens (including phenoxy) is 1. The molecule has 0 aliphatic carbocycles. The molecule has 0 saturated carbocycles. The third kappa shape index (κ3) is 5.44. The van der Waals surface area contributed by atoms with Crippen molar-refractivity contribution in [3.63, 3.8) is 0 Å². The van der Waals surface area contributed by atoms with Gasteiger partial charge in [0, 0.05) is 11.6 Å². The highest BCUT2D eigenvalue weighted by molar-refractivity contribution is 7.95. The van der Waals surface area contributed by atoms with Crippen LogP contribution in [-0.2, 0) is 29.4 Å². The summed E-state index contributed by atoms with van der Waals surface area (Å²) in [5.74, 6) is -0.364. The van der Waals surface area contributed by atoms with Crippen molar-refractivity contribution in [3.05, 3.63) is 11.6 Å². The smallest absolute Gasteiger partial charge is 0.251 e. The Labute approximate surface area is 196 Å². The molecule has 0 aromatic carbocycles. The lowest BCUT2D eigenvalue weighted by Crippen LogP contribution is -2.55. The molecular weight excluding hydrogens is 472 g/mol. The molecule has 2 N–H and O–H groups in total. The van der Waals surface area contributed by atoms with Crippen LogP contribution in [0, 0.1) is 0 Å². The van der Waals surface area contributed by atoms with E-state index >= 15 is 0 Å². The number of carbonyl (C=O) groups is 1. The lowest BCUT2D eigenvalue weighted by atomic mass is 9.91. The Morgan fingerprint density at radius 2 is 1.94 bits per heavy atom. The van der Waals surface area contributed by atoms with E-state index in [0.717, 1.165) is 17.8 Å². The predicted molar refractivity (Wildman–Crippen MR) is 126 cm³/mol. The number of thiophene rings is 1. The molecule has 1 aromatic rings. The van der Waals surface area contributed by atoms with Crippen LogP contribution >= 0.6 is 11.3 Å². The molecule has 3 unspecified atom stereocenters. The molecule has 32 heavy (non-hydrogen) atoms. The Kier molecular flexibility index (Phi) is 8.72. The third-order valence-electron chi connectivity index (χ3n) is 6.14. The molecule has 1 aliphatic rings. The zero-order chi connectivity index (χ0) is 24.5. The van der Waals surface area contributed by atoms with Crippen molar-refractivity contribution in [3.8, 4) is 0 Å². The van der Waals surface area contributed by atoms with Gasteiger partial charge < -0.3 is 10.1 Å². The van der Waals surface area contributed by atoms with Gasteiger partial charge >= 0.3 is 0 Å². The molecule has 2 heterocycles. The second kappa shape index (κ2) is 10.2. The maximum Gasteiger partial charge on any atom is 0.251 e. The van der Waals surface area contributed by atoms with Crippen molar-refractivity contribution in [2.75, 3.05) is 6.54 Å². The summed E-state index contributed by atoms with van der Waals surface area (Å²) < 4.78 is 60.5. The molecule has 0 fully saturated rings. The van der Waals surface area contributed by atoms with Gasteiger partial charge in [0.15, 0.2) is 15.6 Å². The summed E-state index contributed by atoms with van der Waals surface area (Å²) in [5.41, 5.74) is -0.906. The first-order chi connectivity index (χ1) is 14.7. The van der Waals surface area contributed by atoms with Crippen molar-refractivity contribution in [1.82, 2.24) is 10.0 Å². The quantitative estimate of drug-likeness (QED) is 0.471. The molecule has 1 aliphatic heterocycles. The second-order valence-electron chi connectivity index (χ2n) is 8.66. The lowest BCUT2D eigenvalue weighted by molar-refractivity contribution is -0.138. The summed E-state index contributed by atoms with van der Waals surface area (Å²) in [5, 5.41) is 2.64. The van der Waals surface area contributed by atoms with Crippen molar-refractivity contribution in [1.29, 1.82) is 0 Å². The summed E-state index contributed by atoms with van der Waals surface area (Å²) >= 11 is 0.747. The SMILES string of the molecule is CCN[C@H]1C[C@H](C)S(=O)(=O)c2sc(S(=O)(=O)NC(C)(CC)C(=O)C(C)OC(C)CC)cc21. The maximum absolute atomic E-state index is 13.3. The number of rotatable bonds is 11. The summed E-state index contributed by atoms with van der Waals surface area (Å²) in [7, 11) is -7.75. The van der Waals surface area contributed by atoms with Gasteiger partial charge in [-0.15, -0.1) is 11.3 Å². The average Bonchev–Trinajstić information content (AvgIpc) is 3.19. The summed E-state index contributed by atoms with van der Waals surface area (Å²) in [6, 6.07) is 1.19. The molecule has 1 aromatic heterocycles. The molecule has 0 saturated heterocycles. The van der Waals surface area contributed by atoms with Crippen LogP contribution < -0.4 is 10.0 Å². The van der Waals surface area contributed by atoms with E-state index in [1.807, 2.05) is 20.8 Å². The van der Waals surface area contributed by atoms with Gasteiger partial charge in [0.1, 0.15) is 14.5 Å². The first kappa shape index (κ1) is 27.4. The van der Waals surface area contributed by atoms with Gasteiger partial charge in [-0.1, -0.05) is 20.8 Å². The molecule has 184 valence electrons. The van der Waals surface area contributed by atoms with E-state index < -0.39 is 36.8 Å². The van der Waals surface area contributed by atoms with Crippen LogP contribution in [0.1, 0.15) is 79.3 Å². The molecule has 0 bridgehead atoms. The van der Waals surface area contributed by atoms with Crippen LogP contribution in [0.3, 0.4) is 0 Å². The Morgan fingerprint density at radius 1 is 1.31 bits per heavy atom. The third-order valence-corrected chi connectivity index (χ3v) is 12.1. The molecule has 11 heteroatoms. The van der Waals surface area contributed by atoms with Crippen molar-refractivity contribution in [2.24, 2.45) is 0 Å². The van der Waals surface area contributed by atoms with Crippen LogP contribution in [0.2, 0.25) is 0 Å². The van der Waals surface area contributed by atoms with Gasteiger partial charge in [-0.2, -0.15) is 4.72 Å². The predicted octanol–water partition coefficient (Wildman–Crippen LogP) is 3.18. The standard InChI is InChI=1S/C21H36N2O6S3/c1-8-13(4)29-15(6)19(24)21(7,9-2)23-32(27,28)18-12-16-17(22-10-3)11-14(5)31(25,26)20(16)30-18/h12-15,17,22-23H,8-11H2,1-7H3/t13?,14-,15?,17-,21?/m0/s1. The van der Waals surface area contributed by atoms with Gasteiger partial charge in [0.05, 0.1) is 16.9 Å². The molecule has 5 atom stereocenters. The number of nitrogens with one attached hydrogen (secondary N) is 2. The van der Waals surface area contributed by atoms with Crippen LogP contribution in [0.25, 0.3) is 0 Å². The maximum atomic E-state index is 13.3. The van der Waals surface area contributed by atoms with Crippen LogP contribution in [0.4, 0.5) is 0 Å². The Balaban J connectivity index is 2.41. The number of sulfone groups is 1. The van der Waals surface area contributed by atoms with E-state index in [2.05, 4.69) is 10.0 Å². The van der Waals surface area contributed by atoms with Gasteiger partial charge in [-0.05, 0) is 59.6 Å². The van der Waals surface area contributed by atoms with Gasteiger partial charge in [0.25, 0.3) is 10.0 Å². The van der Waals surface area contributed by atoms with Crippen molar-refractivity contribution < 1.29 is 26.4 Å². The largest absolute Gasteiger partial charge is 0.368 e. The van der Waals surface area contributed by atoms with Crippen LogP contribution in [0.15, 0.2) is 14.5 Å². The monoisotopic (exact) mass is 508 g/mol. The first-order valence-electron chi connectivity index (χ1n) is 11.1. The summed E-state index contributed by atoms with van der Waals surface area (Å²) in [6.07, 6.45) is 0.411. The fourth-order valence-corrected chi connectivity index (χ4v) is 9.22. The highest BCUT2D eigenvalue weighted by Crippen LogP contribution is 2.43. The van der Waals surface area contributed by atoms with E-state index in [-0.39, 0.29) is 32.8 Å². The number of Topliss-reactive ketones (excluding diaryl/α,β-unsaturated/α-hetero) is 1. The van der Waals surface area contributed by atoms with E-state index in [9.17, 15) is 21.6 Å². The highest BCUT2D eigenvalue weighted by Gasteiger charge is 2.43. The number of carbonyl (C=O) groups excluding carboxylic acids is 1. The minimum absolute atomic E-state index is 0.0839. The van der Waals surface area contributed by atoms with Crippen molar-refractivity contribution in [2.45, 2.75) is 105 Å². The number of hydrogen-bond acceptors (Lipinski definition) is 8. The molecule has 8 nitrogen and oxygen atoms in total. The fraction of sp³-hybridized carbons (Fsp3) is 0.762. The summed E-state index contributed by atoms with van der Waals surface area (Å²) in [4.78, 5) is 13.1. The normalized spacial score (nSPS) is 24.3. The van der Waals surface area contributed by atoms with Gasteiger partial charge in [0.2, 0.25) is 0 Å². The highest BCUT2D eigenvalue weighted by atomic mass is 32.3. The zero-order valence-electron chi connectivity index (χ0n) is 19.9. The minimum atomic E-state index is -4.14. The van der Waals surface area contributed by atoms with Crippen LogP contribution in [0.5, 0.6) is 0 Å². The molecule has 0 spiro atoms. The molecule has 2 rings (SSSR count). The molecular formula is C21H36N2O6S3. The van der Waals surface area contributed by atoms with Gasteiger partial charge in [-0.3, -0.25) is 4.79 Å². The van der Waals surface area contributed by atoms with E-state index in [0.29, 0.717) is 18.5 Å². The van der Waals surface area contributed by atoms with E-state index in [4.69, 9.17) is 4.74 Å². The fourth-order valence-electron chi connectivity index (χ4n) is 3.77. The lowest BCUT2D eigenvalue weighted by Gasteiger charge is -2.31. The summed E-state index contributed by atoms with van der Waals surface area (Å²) in [6.45, 7) is 12.9. The van der Waals surface area contributed by atoms with Gasteiger partial charge in [-0.25, -0.2) is 16.8 Å².